The van der Waals surface area contributed by atoms with Crippen molar-refractivity contribution < 1.29 is 14.3 Å². The van der Waals surface area contributed by atoms with Gasteiger partial charge in [-0.25, -0.2) is 14.4 Å². The van der Waals surface area contributed by atoms with E-state index in [1.807, 2.05) is 19.1 Å². The number of hydrogen-bond acceptors (Lipinski definition) is 8. The Morgan fingerprint density at radius 3 is 2.68 bits per heavy atom. The van der Waals surface area contributed by atoms with E-state index in [1.165, 1.54) is 0 Å². The zero-order chi connectivity index (χ0) is 26.5. The standard InChI is InChI=1S/C26H37ClFN7O2/c1-3-19-16-34(25-23(27)31-22(24(29)32-25)26(37)30-8-13-36)11-12-35(19)20-6-9-33(10-7-20)15-18-5-4-17(2)14-21(18)28/h4-5,14,19-20,36H,3,6-13,15-16H2,1-2H3,(H2,29,32)(H,30,37)/t19-/m0/s1. The first kappa shape index (κ1) is 27.5. The number of piperidine rings is 1. The number of nitrogens with two attached hydrogens (primary N) is 1. The Hall–Kier alpha value is -2.53. The van der Waals surface area contributed by atoms with Gasteiger partial charge in [0.25, 0.3) is 5.91 Å². The lowest BCUT2D eigenvalue weighted by Gasteiger charge is -2.47. The topological polar surface area (TPSA) is 111 Å². The van der Waals surface area contributed by atoms with Gasteiger partial charge in [-0.05, 0) is 50.9 Å². The van der Waals surface area contributed by atoms with Crippen molar-refractivity contribution in [1.82, 2.24) is 25.1 Å². The van der Waals surface area contributed by atoms with Crippen LogP contribution in [0.5, 0.6) is 0 Å². The smallest absolute Gasteiger partial charge is 0.273 e. The summed E-state index contributed by atoms with van der Waals surface area (Å²) >= 11 is 6.45. The number of carbonyl (C=O) groups is 1. The van der Waals surface area contributed by atoms with E-state index in [2.05, 4.69) is 36.9 Å². The van der Waals surface area contributed by atoms with Crippen molar-refractivity contribution in [2.75, 3.05) is 56.5 Å². The molecule has 0 spiro atoms. The van der Waals surface area contributed by atoms with E-state index in [0.717, 1.165) is 63.1 Å². The molecule has 4 N–H and O–H groups in total. The van der Waals surface area contributed by atoms with Crippen molar-refractivity contribution in [1.29, 1.82) is 0 Å². The molecule has 37 heavy (non-hydrogen) atoms. The van der Waals surface area contributed by atoms with E-state index >= 15 is 0 Å². The largest absolute Gasteiger partial charge is 0.395 e. The SMILES string of the molecule is CC[C@H]1CN(c2nc(N)c(C(=O)NCCO)nc2Cl)CCN1C1CCN(Cc2ccc(C)cc2F)CC1. The summed E-state index contributed by atoms with van der Waals surface area (Å²) in [4.78, 5) is 27.9. The van der Waals surface area contributed by atoms with Crippen LogP contribution in [0.3, 0.4) is 0 Å². The molecule has 1 atom stereocenters. The monoisotopic (exact) mass is 533 g/mol. The fourth-order valence-corrected chi connectivity index (χ4v) is 5.62. The van der Waals surface area contributed by atoms with Crippen LogP contribution in [-0.4, -0.2) is 88.7 Å². The molecule has 2 saturated heterocycles. The van der Waals surface area contributed by atoms with Gasteiger partial charge in [-0.15, -0.1) is 0 Å². The lowest BCUT2D eigenvalue weighted by molar-refractivity contribution is 0.0607. The summed E-state index contributed by atoms with van der Waals surface area (Å²) < 4.78 is 14.3. The molecule has 2 aliphatic rings. The Balaban J connectivity index is 1.36. The number of aryl methyl sites for hydroxylation is 1. The van der Waals surface area contributed by atoms with E-state index < -0.39 is 5.91 Å². The number of rotatable bonds is 8. The molecule has 202 valence electrons. The molecule has 11 heteroatoms. The number of nitrogen functional groups attached to an aromatic ring is 1. The summed E-state index contributed by atoms with van der Waals surface area (Å²) in [6, 6.07) is 6.29. The minimum absolute atomic E-state index is 0.0164. The maximum atomic E-state index is 14.3. The number of benzene rings is 1. The second-order valence-corrected chi connectivity index (χ2v) is 10.3. The second kappa shape index (κ2) is 12.3. The van der Waals surface area contributed by atoms with Crippen molar-refractivity contribution in [3.63, 3.8) is 0 Å². The molecule has 0 bridgehead atoms. The molecule has 2 fully saturated rings. The molecule has 2 aromatic rings. The van der Waals surface area contributed by atoms with Gasteiger partial charge < -0.3 is 21.1 Å². The minimum atomic E-state index is -0.514. The maximum Gasteiger partial charge on any atom is 0.273 e. The Labute approximate surface area is 222 Å². The lowest BCUT2D eigenvalue weighted by atomic mass is 9.97. The number of nitrogens with zero attached hydrogens (tertiary/aromatic N) is 5. The van der Waals surface area contributed by atoms with Crippen LogP contribution in [0.15, 0.2) is 18.2 Å². The van der Waals surface area contributed by atoms with Crippen LogP contribution in [0.1, 0.15) is 47.8 Å². The molecule has 1 amide bonds. The first-order valence-corrected chi connectivity index (χ1v) is 13.4. The highest BCUT2D eigenvalue weighted by atomic mass is 35.5. The highest BCUT2D eigenvalue weighted by Gasteiger charge is 2.34. The molecular formula is C26H37ClFN7O2. The maximum absolute atomic E-state index is 14.3. The highest BCUT2D eigenvalue weighted by Crippen LogP contribution is 2.30. The van der Waals surface area contributed by atoms with Crippen LogP contribution in [0.25, 0.3) is 0 Å². The number of piperazine rings is 1. The van der Waals surface area contributed by atoms with Gasteiger partial charge in [0.1, 0.15) is 5.82 Å². The number of hydrogen-bond donors (Lipinski definition) is 3. The molecule has 9 nitrogen and oxygen atoms in total. The second-order valence-electron chi connectivity index (χ2n) is 9.90. The van der Waals surface area contributed by atoms with Crippen LogP contribution in [-0.2, 0) is 6.54 Å². The number of halogens is 2. The molecule has 0 aliphatic carbocycles. The summed E-state index contributed by atoms with van der Waals surface area (Å²) in [7, 11) is 0. The van der Waals surface area contributed by atoms with Crippen molar-refractivity contribution in [2.24, 2.45) is 0 Å². The molecule has 0 radical (unpaired) electrons. The summed E-state index contributed by atoms with van der Waals surface area (Å²) in [5.74, 6) is -0.126. The third kappa shape index (κ3) is 6.49. The molecule has 4 rings (SSSR count). The number of aliphatic hydroxyl groups excluding tert-OH is 1. The van der Waals surface area contributed by atoms with Crippen LogP contribution in [0.2, 0.25) is 5.15 Å². The summed E-state index contributed by atoms with van der Waals surface area (Å²) in [6.07, 6.45) is 3.08. The average Bonchev–Trinajstić information content (AvgIpc) is 2.90. The summed E-state index contributed by atoms with van der Waals surface area (Å²) in [6.45, 7) is 8.90. The van der Waals surface area contributed by atoms with E-state index in [4.69, 9.17) is 22.4 Å². The van der Waals surface area contributed by atoms with E-state index in [9.17, 15) is 9.18 Å². The fourth-order valence-electron chi connectivity index (χ4n) is 5.38. The minimum Gasteiger partial charge on any atom is -0.395 e. The molecule has 1 aromatic heterocycles. The predicted octanol–water partition coefficient (Wildman–Crippen LogP) is 2.45. The van der Waals surface area contributed by atoms with Gasteiger partial charge in [-0.1, -0.05) is 30.7 Å². The van der Waals surface area contributed by atoms with Crippen molar-refractivity contribution >= 4 is 29.1 Å². The zero-order valence-electron chi connectivity index (χ0n) is 21.6. The molecule has 2 aliphatic heterocycles. The first-order valence-electron chi connectivity index (χ1n) is 13.0. The predicted molar refractivity (Wildman–Crippen MR) is 143 cm³/mol. The lowest BCUT2D eigenvalue weighted by Crippen LogP contribution is -2.58. The molecule has 1 aromatic carbocycles. The van der Waals surface area contributed by atoms with Gasteiger partial charge >= 0.3 is 0 Å². The third-order valence-electron chi connectivity index (χ3n) is 7.40. The number of likely N-dealkylation sites (tertiary alicyclic amines) is 1. The molecule has 0 saturated carbocycles. The summed E-state index contributed by atoms with van der Waals surface area (Å²) in [5, 5.41) is 11.6. The third-order valence-corrected chi connectivity index (χ3v) is 7.66. The van der Waals surface area contributed by atoms with E-state index in [0.29, 0.717) is 24.4 Å². The van der Waals surface area contributed by atoms with Crippen LogP contribution >= 0.6 is 11.6 Å². The normalized spacial score (nSPS) is 19.8. The average molecular weight is 534 g/mol. The summed E-state index contributed by atoms with van der Waals surface area (Å²) in [5.41, 5.74) is 7.71. The Morgan fingerprint density at radius 2 is 2.00 bits per heavy atom. The molecular weight excluding hydrogens is 497 g/mol. The van der Waals surface area contributed by atoms with E-state index in [1.54, 1.807) is 6.07 Å². The number of aromatic nitrogens is 2. The van der Waals surface area contributed by atoms with E-state index in [-0.39, 0.29) is 35.6 Å². The van der Waals surface area contributed by atoms with Gasteiger partial charge in [0.2, 0.25) is 0 Å². The fraction of sp³-hybridized carbons (Fsp3) is 0.577. The van der Waals surface area contributed by atoms with Crippen molar-refractivity contribution in [3.8, 4) is 0 Å². The van der Waals surface area contributed by atoms with Gasteiger partial charge in [0.15, 0.2) is 22.5 Å². The number of nitrogens with one attached hydrogen (secondary N) is 1. The Bertz CT molecular complexity index is 1100. The van der Waals surface area contributed by atoms with Gasteiger partial charge in [0, 0.05) is 50.4 Å². The van der Waals surface area contributed by atoms with Crippen LogP contribution in [0.4, 0.5) is 16.0 Å². The van der Waals surface area contributed by atoms with Crippen LogP contribution < -0.4 is 16.0 Å². The van der Waals surface area contributed by atoms with Crippen molar-refractivity contribution in [3.05, 3.63) is 46.0 Å². The molecule has 0 unspecified atom stereocenters. The van der Waals surface area contributed by atoms with Gasteiger partial charge in [0.05, 0.1) is 6.61 Å². The Kier molecular flexibility index (Phi) is 9.17. The van der Waals surface area contributed by atoms with Crippen LogP contribution in [0, 0.1) is 12.7 Å². The number of aliphatic hydroxyl groups is 1. The number of anilines is 2. The number of carbonyl (C=O) groups excluding carboxylic acids is 1. The van der Waals surface area contributed by atoms with Gasteiger partial charge in [-0.2, -0.15) is 0 Å². The zero-order valence-corrected chi connectivity index (χ0v) is 22.3. The quantitative estimate of drug-likeness (QED) is 0.474. The first-order chi connectivity index (χ1) is 17.8. The number of amides is 1. The molecule has 3 heterocycles. The highest BCUT2D eigenvalue weighted by molar-refractivity contribution is 6.32. The van der Waals surface area contributed by atoms with Gasteiger partial charge in [-0.3, -0.25) is 14.6 Å². The van der Waals surface area contributed by atoms with Crippen molar-refractivity contribution in [2.45, 2.75) is 51.7 Å². The Morgan fingerprint density at radius 1 is 1.24 bits per heavy atom.